The summed E-state index contributed by atoms with van der Waals surface area (Å²) in [6.45, 7) is 3.37. The van der Waals surface area contributed by atoms with Crippen LogP contribution >= 0.6 is 0 Å². The predicted octanol–water partition coefficient (Wildman–Crippen LogP) is 5.02. The fraction of sp³-hybridized carbons (Fsp3) is 0.308. The molecule has 1 nitrogen and oxygen atoms in total. The Labute approximate surface area is 177 Å². The van der Waals surface area contributed by atoms with Gasteiger partial charge in [0.2, 0.25) is 0 Å². The molecule has 0 spiro atoms. The molecule has 3 aromatic rings. The van der Waals surface area contributed by atoms with Gasteiger partial charge in [0, 0.05) is 0 Å². The molecule has 0 radical (unpaired) electrons. The first kappa shape index (κ1) is 22.2. The van der Waals surface area contributed by atoms with Crippen molar-refractivity contribution in [2.24, 2.45) is 0 Å². The van der Waals surface area contributed by atoms with Crippen molar-refractivity contribution in [1.82, 2.24) is 4.48 Å². The van der Waals surface area contributed by atoms with Gasteiger partial charge in [-0.2, -0.15) is 0 Å². The number of para-hydroxylation sites is 3. The van der Waals surface area contributed by atoms with Gasteiger partial charge in [0.05, 0.1) is 6.54 Å². The minimum atomic E-state index is 0. The Morgan fingerprint density at radius 2 is 0.857 bits per heavy atom. The number of benzene rings is 3. The maximum atomic E-state index is 2.28. The molecule has 0 aromatic heterocycles. The van der Waals surface area contributed by atoms with Crippen molar-refractivity contribution in [2.45, 2.75) is 45.4 Å². The van der Waals surface area contributed by atoms with Crippen LogP contribution < -0.4 is 16.9 Å². The largest absolute Gasteiger partial charge is 1.00 e. The van der Waals surface area contributed by atoms with E-state index in [0.717, 1.165) is 11.0 Å². The van der Waals surface area contributed by atoms with E-state index in [-0.39, 0.29) is 12.4 Å². The number of nitrogens with zero attached hydrogens (tertiary/aromatic N) is 1. The van der Waals surface area contributed by atoms with Crippen LogP contribution in [0.3, 0.4) is 0 Å². The number of unbranched alkanes of at least 4 members (excludes halogenated alkanes) is 5. The normalized spacial score (nSPS) is 11.0. The maximum Gasteiger partial charge on any atom is 0.143 e. The second-order valence-corrected chi connectivity index (χ2v) is 7.31. The van der Waals surface area contributed by atoms with Crippen molar-refractivity contribution in [3.63, 3.8) is 0 Å². The third kappa shape index (κ3) is 5.25. The average molecular weight is 394 g/mol. The van der Waals surface area contributed by atoms with E-state index >= 15 is 0 Å². The van der Waals surface area contributed by atoms with Gasteiger partial charge in [0.15, 0.2) is 0 Å². The molecule has 2 heteroatoms. The van der Waals surface area contributed by atoms with Crippen molar-refractivity contribution in [3.05, 3.63) is 91.0 Å². The molecule has 0 saturated carbocycles. The van der Waals surface area contributed by atoms with E-state index in [1.165, 1.54) is 55.6 Å². The SMILES string of the molecule is CCCCCCCC[N+](c1ccccc1)(c1ccccc1)c1ccccc1.[Cl-]. The van der Waals surface area contributed by atoms with Gasteiger partial charge >= 0.3 is 0 Å². The number of hydrogen-bond acceptors (Lipinski definition) is 0. The number of quaternary nitrogens is 1. The third-order valence-corrected chi connectivity index (χ3v) is 5.44. The molecule has 3 aromatic carbocycles. The molecule has 0 bridgehead atoms. The minimum absolute atomic E-state index is 0. The van der Waals surface area contributed by atoms with Crippen LogP contribution in [-0.2, 0) is 0 Å². The Kier molecular flexibility index (Phi) is 9.27. The monoisotopic (exact) mass is 393 g/mol. The molecule has 0 saturated heterocycles. The first-order valence-electron chi connectivity index (χ1n) is 10.4. The van der Waals surface area contributed by atoms with Crippen molar-refractivity contribution in [1.29, 1.82) is 0 Å². The molecule has 0 atom stereocenters. The molecule has 0 aliphatic heterocycles. The molecule has 0 amide bonds. The Balaban J connectivity index is 0.00000280. The van der Waals surface area contributed by atoms with E-state index in [1.807, 2.05) is 0 Å². The van der Waals surface area contributed by atoms with Crippen LogP contribution in [0.1, 0.15) is 45.4 Å². The van der Waals surface area contributed by atoms with Crippen molar-refractivity contribution in [3.8, 4) is 0 Å². The highest BCUT2D eigenvalue weighted by molar-refractivity contribution is 5.70. The highest BCUT2D eigenvalue weighted by atomic mass is 35.5. The van der Waals surface area contributed by atoms with Crippen LogP contribution in [0.25, 0.3) is 0 Å². The van der Waals surface area contributed by atoms with E-state index in [2.05, 4.69) is 97.9 Å². The van der Waals surface area contributed by atoms with Gasteiger partial charge in [-0.15, -0.1) is 0 Å². The molecular formula is C26H32ClN. The van der Waals surface area contributed by atoms with Crippen molar-refractivity contribution >= 4 is 17.1 Å². The second-order valence-electron chi connectivity index (χ2n) is 7.31. The van der Waals surface area contributed by atoms with Crippen LogP contribution in [0.15, 0.2) is 91.0 Å². The molecule has 0 unspecified atom stereocenters. The lowest BCUT2D eigenvalue weighted by Crippen LogP contribution is -3.00. The first-order valence-corrected chi connectivity index (χ1v) is 10.4. The Hall–Kier alpha value is -2.09. The molecule has 148 valence electrons. The van der Waals surface area contributed by atoms with Crippen LogP contribution in [0.2, 0.25) is 0 Å². The van der Waals surface area contributed by atoms with Crippen molar-refractivity contribution < 1.29 is 12.4 Å². The van der Waals surface area contributed by atoms with Crippen LogP contribution in [0, 0.1) is 0 Å². The standard InChI is InChI=1S/C26H32N.ClH/c1-2-3-4-5-6-16-23-27(24-17-10-7-11-18-24,25-19-12-8-13-20-25)26-21-14-9-15-22-26;/h7-15,17-22H,2-6,16,23H2,1H3;1H/q+1;/p-1. The van der Waals surface area contributed by atoms with Gasteiger partial charge in [-0.3, -0.25) is 0 Å². The predicted molar refractivity (Wildman–Crippen MR) is 119 cm³/mol. The molecule has 0 aliphatic rings. The Morgan fingerprint density at radius 1 is 0.500 bits per heavy atom. The zero-order chi connectivity index (χ0) is 18.8. The topological polar surface area (TPSA) is 0 Å². The van der Waals surface area contributed by atoms with E-state index in [1.54, 1.807) is 0 Å². The van der Waals surface area contributed by atoms with Gasteiger partial charge in [-0.05, 0) is 49.2 Å². The van der Waals surface area contributed by atoms with Crippen molar-refractivity contribution in [2.75, 3.05) is 6.54 Å². The first-order chi connectivity index (χ1) is 13.4. The number of rotatable bonds is 10. The van der Waals surface area contributed by atoms with Gasteiger partial charge < -0.3 is 12.4 Å². The summed E-state index contributed by atoms with van der Waals surface area (Å²) < 4.78 is 0.788. The van der Waals surface area contributed by atoms with E-state index < -0.39 is 0 Å². The molecule has 0 fully saturated rings. The lowest BCUT2D eigenvalue weighted by molar-refractivity contribution is -0.00000547. The number of hydrogen-bond donors (Lipinski definition) is 0. The molecule has 0 heterocycles. The summed E-state index contributed by atoms with van der Waals surface area (Å²) in [4.78, 5) is 0. The van der Waals surface area contributed by atoms with Gasteiger partial charge in [0.1, 0.15) is 17.1 Å². The molecule has 3 rings (SSSR count). The second kappa shape index (κ2) is 11.7. The lowest BCUT2D eigenvalue weighted by Gasteiger charge is -2.37. The molecular weight excluding hydrogens is 362 g/mol. The lowest BCUT2D eigenvalue weighted by atomic mass is 10.1. The van der Waals surface area contributed by atoms with E-state index in [0.29, 0.717) is 0 Å². The zero-order valence-electron chi connectivity index (χ0n) is 16.9. The third-order valence-electron chi connectivity index (χ3n) is 5.44. The van der Waals surface area contributed by atoms with Gasteiger partial charge in [-0.1, -0.05) is 87.2 Å². The fourth-order valence-corrected chi connectivity index (χ4v) is 4.01. The minimum Gasteiger partial charge on any atom is -1.00 e. The smallest absolute Gasteiger partial charge is 0.143 e. The summed E-state index contributed by atoms with van der Waals surface area (Å²) in [6.07, 6.45) is 7.88. The number of halogens is 1. The van der Waals surface area contributed by atoms with E-state index in [4.69, 9.17) is 0 Å². The molecule has 28 heavy (non-hydrogen) atoms. The van der Waals surface area contributed by atoms with Crippen LogP contribution in [0.5, 0.6) is 0 Å². The summed E-state index contributed by atoms with van der Waals surface area (Å²) >= 11 is 0. The highest BCUT2D eigenvalue weighted by Crippen LogP contribution is 2.43. The van der Waals surface area contributed by atoms with E-state index in [9.17, 15) is 0 Å². The zero-order valence-corrected chi connectivity index (χ0v) is 17.7. The van der Waals surface area contributed by atoms with Crippen LogP contribution in [0.4, 0.5) is 17.1 Å². The summed E-state index contributed by atoms with van der Waals surface area (Å²) in [5, 5.41) is 0. The highest BCUT2D eigenvalue weighted by Gasteiger charge is 2.35. The van der Waals surface area contributed by atoms with Crippen LogP contribution in [-0.4, -0.2) is 6.54 Å². The summed E-state index contributed by atoms with van der Waals surface area (Å²) in [6, 6.07) is 33.0. The Morgan fingerprint density at radius 3 is 1.25 bits per heavy atom. The Bertz CT molecular complexity index is 675. The van der Waals surface area contributed by atoms with Gasteiger partial charge in [-0.25, -0.2) is 4.48 Å². The summed E-state index contributed by atoms with van der Waals surface area (Å²) in [5.74, 6) is 0. The summed E-state index contributed by atoms with van der Waals surface area (Å²) in [5.41, 5.74) is 4.01. The molecule has 0 aliphatic carbocycles. The molecule has 0 N–H and O–H groups in total. The fourth-order valence-electron chi connectivity index (χ4n) is 4.01. The maximum absolute atomic E-state index is 2.28. The quantitative estimate of drug-likeness (QED) is 0.335. The average Bonchev–Trinajstić information content (AvgIpc) is 2.75. The summed E-state index contributed by atoms with van der Waals surface area (Å²) in [7, 11) is 0. The van der Waals surface area contributed by atoms with Gasteiger partial charge in [0.25, 0.3) is 0 Å².